The average Bonchev–Trinajstić information content (AvgIpc) is 2.55. The van der Waals surface area contributed by atoms with Gasteiger partial charge >= 0.3 is 0 Å². The lowest BCUT2D eigenvalue weighted by Gasteiger charge is -2.37. The number of hydrogen-bond donors (Lipinski definition) is 1. The second-order valence-electron chi connectivity index (χ2n) is 5.49. The van der Waals surface area contributed by atoms with E-state index in [2.05, 4.69) is 10.3 Å². The average molecular weight is 389 g/mol. The van der Waals surface area contributed by atoms with Gasteiger partial charge in [-0.3, -0.25) is 9.78 Å². The van der Waals surface area contributed by atoms with Crippen molar-refractivity contribution in [1.82, 2.24) is 15.2 Å². The zero-order valence-electron chi connectivity index (χ0n) is 13.2. The van der Waals surface area contributed by atoms with Crippen LogP contribution in [-0.4, -0.2) is 35.4 Å². The fraction of sp³-hybridized carbons (Fsp3) is 0.294. The lowest BCUT2D eigenvalue weighted by molar-refractivity contribution is 0.0634. The Hall–Kier alpha value is -1.33. The number of pyridine rings is 1. The number of nitrogens with one attached hydrogen (secondary N) is 1. The third kappa shape index (κ3) is 4.39. The topological polar surface area (TPSA) is 45.2 Å². The van der Waals surface area contributed by atoms with Crippen LogP contribution in [0, 0.1) is 6.92 Å². The largest absolute Gasteiger partial charge is 0.329 e. The summed E-state index contributed by atoms with van der Waals surface area (Å²) < 4.78 is 0. The number of amides is 1. The molecule has 0 spiro atoms. The molecule has 1 aliphatic rings. The maximum absolute atomic E-state index is 12.9. The number of rotatable bonds is 2. The van der Waals surface area contributed by atoms with Gasteiger partial charge in [0.25, 0.3) is 5.91 Å². The second kappa shape index (κ2) is 9.23. The zero-order chi connectivity index (χ0) is 15.5. The molecule has 1 atom stereocenters. The molecule has 2 aromatic rings. The number of halogens is 3. The molecule has 1 fully saturated rings. The Morgan fingerprint density at radius 2 is 2.04 bits per heavy atom. The summed E-state index contributed by atoms with van der Waals surface area (Å²) in [5.41, 5.74) is 2.58. The van der Waals surface area contributed by atoms with Gasteiger partial charge in [-0.1, -0.05) is 29.8 Å². The molecule has 0 radical (unpaired) electrons. The Morgan fingerprint density at radius 3 is 2.75 bits per heavy atom. The van der Waals surface area contributed by atoms with Gasteiger partial charge in [0.2, 0.25) is 0 Å². The van der Waals surface area contributed by atoms with Gasteiger partial charge in [0.1, 0.15) is 0 Å². The molecule has 0 aliphatic carbocycles. The van der Waals surface area contributed by atoms with Crippen molar-refractivity contribution < 1.29 is 4.79 Å². The SMILES string of the molecule is Cc1cncc(C(=O)N2CCNCC2c2ccccc2Cl)c1.Cl.Cl. The number of carbonyl (C=O) groups excluding carboxylic acids is 1. The van der Waals surface area contributed by atoms with Gasteiger partial charge in [-0.25, -0.2) is 0 Å². The van der Waals surface area contributed by atoms with Gasteiger partial charge in [0, 0.05) is 37.1 Å². The third-order valence-electron chi connectivity index (χ3n) is 3.89. The van der Waals surface area contributed by atoms with Crippen molar-refractivity contribution in [3.05, 3.63) is 64.4 Å². The Bertz CT molecular complexity index is 696. The van der Waals surface area contributed by atoms with E-state index < -0.39 is 0 Å². The minimum absolute atomic E-state index is 0. The Balaban J connectivity index is 0.00000144. The normalized spacial score (nSPS) is 16.8. The van der Waals surface area contributed by atoms with Crippen LogP contribution in [0.4, 0.5) is 0 Å². The van der Waals surface area contributed by atoms with Crippen molar-refractivity contribution in [2.24, 2.45) is 0 Å². The highest BCUT2D eigenvalue weighted by atomic mass is 35.5. The molecule has 1 aromatic carbocycles. The molecule has 1 aliphatic heterocycles. The number of aryl methyl sites for hydroxylation is 1. The van der Waals surface area contributed by atoms with Crippen LogP contribution >= 0.6 is 36.4 Å². The van der Waals surface area contributed by atoms with Crippen LogP contribution < -0.4 is 5.32 Å². The summed E-state index contributed by atoms with van der Waals surface area (Å²) in [4.78, 5) is 18.9. The molecule has 24 heavy (non-hydrogen) atoms. The molecule has 130 valence electrons. The van der Waals surface area contributed by atoms with Crippen LogP contribution in [0.5, 0.6) is 0 Å². The molecule has 1 aromatic heterocycles. The molecular weight excluding hydrogens is 369 g/mol. The summed E-state index contributed by atoms with van der Waals surface area (Å²) in [5.74, 6) is 0.00243. The first kappa shape index (κ1) is 20.7. The number of piperazine rings is 1. The molecule has 1 N–H and O–H groups in total. The van der Waals surface area contributed by atoms with Crippen molar-refractivity contribution in [1.29, 1.82) is 0 Å². The van der Waals surface area contributed by atoms with Crippen LogP contribution in [0.3, 0.4) is 0 Å². The highest BCUT2D eigenvalue weighted by Gasteiger charge is 2.29. The van der Waals surface area contributed by atoms with Crippen molar-refractivity contribution in [2.75, 3.05) is 19.6 Å². The number of benzene rings is 1. The summed E-state index contributed by atoms with van der Waals surface area (Å²) in [5, 5.41) is 4.03. The van der Waals surface area contributed by atoms with Crippen LogP contribution in [0.25, 0.3) is 0 Å². The van der Waals surface area contributed by atoms with Crippen molar-refractivity contribution in [2.45, 2.75) is 13.0 Å². The summed E-state index contributed by atoms with van der Waals surface area (Å²) in [6.45, 7) is 4.08. The maximum atomic E-state index is 12.9. The van der Waals surface area contributed by atoms with Gasteiger partial charge in [-0.15, -0.1) is 24.8 Å². The van der Waals surface area contributed by atoms with E-state index in [1.165, 1.54) is 0 Å². The summed E-state index contributed by atoms with van der Waals surface area (Å²) in [7, 11) is 0. The number of hydrogen-bond acceptors (Lipinski definition) is 3. The van der Waals surface area contributed by atoms with E-state index in [1.54, 1.807) is 12.4 Å². The van der Waals surface area contributed by atoms with Gasteiger partial charge in [0.15, 0.2) is 0 Å². The molecule has 3 rings (SSSR count). The fourth-order valence-corrected chi connectivity index (χ4v) is 3.07. The van der Waals surface area contributed by atoms with E-state index in [0.717, 1.165) is 17.7 Å². The summed E-state index contributed by atoms with van der Waals surface area (Å²) >= 11 is 6.32. The van der Waals surface area contributed by atoms with Crippen molar-refractivity contribution in [3.8, 4) is 0 Å². The molecule has 1 amide bonds. The van der Waals surface area contributed by atoms with E-state index >= 15 is 0 Å². The van der Waals surface area contributed by atoms with Gasteiger partial charge < -0.3 is 10.2 Å². The monoisotopic (exact) mass is 387 g/mol. The molecule has 0 bridgehead atoms. The van der Waals surface area contributed by atoms with Crippen LogP contribution in [-0.2, 0) is 0 Å². The van der Waals surface area contributed by atoms with Crippen LogP contribution in [0.15, 0.2) is 42.7 Å². The smallest absolute Gasteiger partial charge is 0.256 e. The zero-order valence-corrected chi connectivity index (χ0v) is 15.6. The molecule has 0 saturated carbocycles. The predicted molar refractivity (Wildman–Crippen MR) is 102 cm³/mol. The van der Waals surface area contributed by atoms with Crippen molar-refractivity contribution in [3.63, 3.8) is 0 Å². The fourth-order valence-electron chi connectivity index (χ4n) is 2.81. The second-order valence-corrected chi connectivity index (χ2v) is 5.90. The van der Waals surface area contributed by atoms with E-state index in [-0.39, 0.29) is 36.8 Å². The molecule has 1 unspecified atom stereocenters. The van der Waals surface area contributed by atoms with E-state index in [0.29, 0.717) is 23.7 Å². The van der Waals surface area contributed by atoms with E-state index in [4.69, 9.17) is 11.6 Å². The lowest BCUT2D eigenvalue weighted by atomic mass is 10.0. The highest BCUT2D eigenvalue weighted by Crippen LogP contribution is 2.29. The minimum Gasteiger partial charge on any atom is -0.329 e. The predicted octanol–water partition coefficient (Wildman–Crippen LogP) is 3.67. The maximum Gasteiger partial charge on any atom is 0.256 e. The highest BCUT2D eigenvalue weighted by molar-refractivity contribution is 6.31. The number of carbonyl (C=O) groups is 1. The van der Waals surface area contributed by atoms with E-state index in [1.807, 2.05) is 42.2 Å². The number of aromatic nitrogens is 1. The van der Waals surface area contributed by atoms with Gasteiger partial charge in [-0.05, 0) is 30.2 Å². The first-order valence-electron chi connectivity index (χ1n) is 7.34. The standard InChI is InChI=1S/C17H18ClN3O.2ClH/c1-12-8-13(10-20-9-12)17(22)21-7-6-19-11-16(21)14-4-2-3-5-15(14)18;;/h2-5,8-10,16,19H,6-7,11H2,1H3;2*1H. The molecule has 2 heterocycles. The molecule has 7 heteroatoms. The van der Waals surface area contributed by atoms with E-state index in [9.17, 15) is 4.79 Å². The summed E-state index contributed by atoms with van der Waals surface area (Å²) in [6, 6.07) is 9.51. The molecule has 4 nitrogen and oxygen atoms in total. The first-order valence-corrected chi connectivity index (χ1v) is 7.72. The Kier molecular flexibility index (Phi) is 7.97. The third-order valence-corrected chi connectivity index (χ3v) is 4.23. The minimum atomic E-state index is -0.0598. The first-order chi connectivity index (χ1) is 10.7. The lowest BCUT2D eigenvalue weighted by Crippen LogP contribution is -2.48. The van der Waals surface area contributed by atoms with Gasteiger partial charge in [0.05, 0.1) is 11.6 Å². The van der Waals surface area contributed by atoms with Crippen LogP contribution in [0.1, 0.15) is 27.5 Å². The molecular formula is C17H20Cl3N3O. The van der Waals surface area contributed by atoms with Crippen LogP contribution in [0.2, 0.25) is 5.02 Å². The van der Waals surface area contributed by atoms with Gasteiger partial charge in [-0.2, -0.15) is 0 Å². The van der Waals surface area contributed by atoms with Crippen molar-refractivity contribution >= 4 is 42.3 Å². The number of nitrogens with zero attached hydrogens (tertiary/aromatic N) is 2. The quantitative estimate of drug-likeness (QED) is 0.853. The Labute approximate surface area is 159 Å². The summed E-state index contributed by atoms with van der Waals surface area (Å²) in [6.07, 6.45) is 3.38. The Morgan fingerprint density at radius 1 is 1.29 bits per heavy atom. The molecule has 1 saturated heterocycles.